The third kappa shape index (κ3) is 7.87. The highest BCUT2D eigenvalue weighted by molar-refractivity contribution is 7.80. The van der Waals surface area contributed by atoms with Crippen molar-refractivity contribution in [3.05, 3.63) is 0 Å². The van der Waals surface area contributed by atoms with Crippen LogP contribution in [0.25, 0.3) is 0 Å². The summed E-state index contributed by atoms with van der Waals surface area (Å²) in [6, 6.07) is 0. The molecular formula is C4H9O4S-. The van der Waals surface area contributed by atoms with Gasteiger partial charge in [-0.25, -0.2) is 8.42 Å². The molecule has 0 aliphatic carbocycles. The van der Waals surface area contributed by atoms with E-state index in [1.165, 1.54) is 20.8 Å². The first-order valence-corrected chi connectivity index (χ1v) is 3.70. The predicted octanol–water partition coefficient (Wildman–Crippen LogP) is 0.262. The fourth-order valence-electron chi connectivity index (χ4n) is 0.306. The minimum absolute atomic E-state index is 0.916. The van der Waals surface area contributed by atoms with Gasteiger partial charge in [0.05, 0.1) is 5.60 Å². The lowest BCUT2D eigenvalue weighted by Crippen LogP contribution is -2.23. The van der Waals surface area contributed by atoms with Crippen molar-refractivity contribution < 1.29 is 17.2 Å². The first-order chi connectivity index (χ1) is 3.71. The maximum absolute atomic E-state index is 9.87. The second-order valence-electron chi connectivity index (χ2n) is 2.60. The molecule has 4 nitrogen and oxygen atoms in total. The van der Waals surface area contributed by atoms with Gasteiger partial charge in [0, 0.05) is 0 Å². The fourth-order valence-corrected chi connectivity index (χ4v) is 0.919. The molecule has 56 valence electrons. The van der Waals surface area contributed by atoms with E-state index in [0.29, 0.717) is 0 Å². The predicted molar refractivity (Wildman–Crippen MR) is 30.5 cm³/mol. The molecule has 0 aliphatic heterocycles. The molecule has 0 amide bonds. The maximum Gasteiger partial charge on any atom is 0.218 e. The molecule has 5 heteroatoms. The van der Waals surface area contributed by atoms with Gasteiger partial charge in [0.2, 0.25) is 10.4 Å². The lowest BCUT2D eigenvalue weighted by molar-refractivity contribution is 0.116. The molecule has 0 spiro atoms. The van der Waals surface area contributed by atoms with Crippen molar-refractivity contribution in [2.45, 2.75) is 26.4 Å². The van der Waals surface area contributed by atoms with Crippen LogP contribution in [-0.2, 0) is 14.6 Å². The quantitative estimate of drug-likeness (QED) is 0.400. The standard InChI is InChI=1S/C4H10O4S/c1-4(2,3)8-9(5,6)7/h1-3H3,(H,5,6,7)/p-1. The van der Waals surface area contributed by atoms with Crippen molar-refractivity contribution in [3.63, 3.8) is 0 Å². The van der Waals surface area contributed by atoms with Gasteiger partial charge >= 0.3 is 0 Å². The molecule has 0 aliphatic rings. The molecule has 0 aromatic rings. The Labute approximate surface area is 54.8 Å². The van der Waals surface area contributed by atoms with Crippen LogP contribution in [0.5, 0.6) is 0 Å². The first kappa shape index (κ1) is 8.87. The Hall–Kier alpha value is -0.130. The highest BCUT2D eigenvalue weighted by Gasteiger charge is 2.13. The molecule has 9 heavy (non-hydrogen) atoms. The summed E-state index contributed by atoms with van der Waals surface area (Å²) in [6.45, 7) is 4.47. The smallest absolute Gasteiger partial charge is 0.218 e. The van der Waals surface area contributed by atoms with E-state index in [9.17, 15) is 13.0 Å². The molecule has 0 aromatic carbocycles. The summed E-state index contributed by atoms with van der Waals surface area (Å²) in [5, 5.41) is 0. The van der Waals surface area contributed by atoms with Gasteiger partial charge < -0.3 is 4.55 Å². The van der Waals surface area contributed by atoms with Crippen LogP contribution in [0, 0.1) is 0 Å². The van der Waals surface area contributed by atoms with Crippen LogP contribution < -0.4 is 0 Å². The van der Waals surface area contributed by atoms with Crippen LogP contribution >= 0.6 is 0 Å². The van der Waals surface area contributed by atoms with Gasteiger partial charge in [-0.3, -0.25) is 4.18 Å². The summed E-state index contributed by atoms with van der Waals surface area (Å²) in [7, 11) is -4.53. The third-order valence-electron chi connectivity index (χ3n) is 0.352. The molecule has 0 bridgehead atoms. The van der Waals surface area contributed by atoms with E-state index in [4.69, 9.17) is 0 Å². The lowest BCUT2D eigenvalue weighted by atomic mass is 10.2. The molecule has 0 heterocycles. The number of hydrogen-bond acceptors (Lipinski definition) is 4. The topological polar surface area (TPSA) is 66.4 Å². The van der Waals surface area contributed by atoms with Crippen LogP contribution in [-0.4, -0.2) is 18.6 Å². The summed E-state index contributed by atoms with van der Waals surface area (Å²) in [6.07, 6.45) is 0. The number of hydrogen-bond donors (Lipinski definition) is 0. The van der Waals surface area contributed by atoms with Gasteiger partial charge in [-0.1, -0.05) is 0 Å². The highest BCUT2D eigenvalue weighted by Crippen LogP contribution is 2.09. The fraction of sp³-hybridized carbons (Fsp3) is 1.00. The molecule has 0 N–H and O–H groups in total. The van der Waals surface area contributed by atoms with E-state index in [1.807, 2.05) is 0 Å². The Morgan fingerprint density at radius 3 is 1.67 bits per heavy atom. The first-order valence-electron chi connectivity index (χ1n) is 2.37. The largest absolute Gasteiger partial charge is 0.726 e. The minimum atomic E-state index is -4.53. The summed E-state index contributed by atoms with van der Waals surface area (Å²) >= 11 is 0. The SMILES string of the molecule is CC(C)(C)OS(=O)(=O)[O-]. The van der Waals surface area contributed by atoms with E-state index in [2.05, 4.69) is 4.18 Å². The summed E-state index contributed by atoms with van der Waals surface area (Å²) in [4.78, 5) is 0. The molecule has 0 radical (unpaired) electrons. The van der Waals surface area contributed by atoms with Crippen molar-refractivity contribution in [1.82, 2.24) is 0 Å². The van der Waals surface area contributed by atoms with Crippen molar-refractivity contribution in [2.75, 3.05) is 0 Å². The average molecular weight is 153 g/mol. The molecule has 0 saturated heterocycles. The van der Waals surface area contributed by atoms with Crippen LogP contribution in [0.3, 0.4) is 0 Å². The van der Waals surface area contributed by atoms with Crippen LogP contribution in [0.4, 0.5) is 0 Å². The second kappa shape index (κ2) is 2.24. The minimum Gasteiger partial charge on any atom is -0.726 e. The van der Waals surface area contributed by atoms with E-state index in [-0.39, 0.29) is 0 Å². The Morgan fingerprint density at radius 1 is 1.33 bits per heavy atom. The summed E-state index contributed by atoms with van der Waals surface area (Å²) in [5.41, 5.74) is -0.916. The van der Waals surface area contributed by atoms with Gasteiger partial charge in [0.1, 0.15) is 0 Å². The van der Waals surface area contributed by atoms with Crippen molar-refractivity contribution in [2.24, 2.45) is 0 Å². The molecule has 0 saturated carbocycles. The average Bonchev–Trinajstić information content (AvgIpc) is 1.14. The van der Waals surface area contributed by atoms with Crippen LogP contribution in [0.1, 0.15) is 20.8 Å². The monoisotopic (exact) mass is 153 g/mol. The Balaban J connectivity index is 4.07. The van der Waals surface area contributed by atoms with Gasteiger partial charge in [-0.15, -0.1) is 0 Å². The van der Waals surface area contributed by atoms with E-state index in [0.717, 1.165) is 0 Å². The van der Waals surface area contributed by atoms with Gasteiger partial charge in [-0.05, 0) is 20.8 Å². The zero-order valence-electron chi connectivity index (χ0n) is 5.54. The Morgan fingerprint density at radius 2 is 1.67 bits per heavy atom. The molecular weight excluding hydrogens is 144 g/mol. The molecule has 0 fully saturated rings. The summed E-state index contributed by atoms with van der Waals surface area (Å²) in [5.74, 6) is 0. The van der Waals surface area contributed by atoms with E-state index in [1.54, 1.807) is 0 Å². The zero-order valence-corrected chi connectivity index (χ0v) is 6.36. The van der Waals surface area contributed by atoms with Gasteiger partial charge in [0.25, 0.3) is 0 Å². The maximum atomic E-state index is 9.87. The van der Waals surface area contributed by atoms with Crippen LogP contribution in [0.2, 0.25) is 0 Å². The second-order valence-corrected chi connectivity index (χ2v) is 3.59. The normalized spacial score (nSPS) is 13.8. The Kier molecular flexibility index (Phi) is 2.21. The zero-order chi connectivity index (χ0) is 7.71. The van der Waals surface area contributed by atoms with E-state index >= 15 is 0 Å². The highest BCUT2D eigenvalue weighted by atomic mass is 32.3. The summed E-state index contributed by atoms with van der Waals surface area (Å²) < 4.78 is 33.6. The van der Waals surface area contributed by atoms with Gasteiger partial charge in [0.15, 0.2) is 0 Å². The molecule has 0 atom stereocenters. The van der Waals surface area contributed by atoms with E-state index < -0.39 is 16.0 Å². The number of rotatable bonds is 1. The molecule has 0 aromatic heterocycles. The molecule has 0 rings (SSSR count). The third-order valence-corrected chi connectivity index (χ3v) is 1.06. The van der Waals surface area contributed by atoms with Crippen molar-refractivity contribution in [3.8, 4) is 0 Å². The molecule has 0 unspecified atom stereocenters. The van der Waals surface area contributed by atoms with Crippen molar-refractivity contribution in [1.29, 1.82) is 0 Å². The van der Waals surface area contributed by atoms with Crippen molar-refractivity contribution >= 4 is 10.4 Å². The van der Waals surface area contributed by atoms with Crippen LogP contribution in [0.15, 0.2) is 0 Å². The Bertz CT molecular complexity index is 173. The lowest BCUT2D eigenvalue weighted by Gasteiger charge is -2.20. The van der Waals surface area contributed by atoms with Gasteiger partial charge in [-0.2, -0.15) is 0 Å².